The first-order valence-electron chi connectivity index (χ1n) is 8.65. The molecule has 1 atom stereocenters. The van der Waals surface area contributed by atoms with Gasteiger partial charge in [0.15, 0.2) is 6.10 Å². The lowest BCUT2D eigenvalue weighted by Gasteiger charge is -2.16. The Bertz CT molecular complexity index is 782. The van der Waals surface area contributed by atoms with E-state index in [2.05, 4.69) is 10.6 Å². The van der Waals surface area contributed by atoms with E-state index in [0.717, 1.165) is 10.5 Å². The van der Waals surface area contributed by atoms with Crippen LogP contribution in [0, 0.1) is 6.92 Å². The molecule has 10 heteroatoms. The molecule has 1 fully saturated rings. The Morgan fingerprint density at radius 1 is 1.36 bits per heavy atom. The van der Waals surface area contributed by atoms with Crippen molar-refractivity contribution in [2.24, 2.45) is 0 Å². The molecule has 0 bridgehead atoms. The molecule has 1 aromatic carbocycles. The van der Waals surface area contributed by atoms with Crippen LogP contribution in [-0.2, 0) is 19.1 Å². The zero-order valence-corrected chi connectivity index (χ0v) is 16.6. The minimum atomic E-state index is -1.04. The lowest BCUT2D eigenvalue weighted by molar-refractivity contribution is -0.153. The molecular weight excluding hydrogens is 390 g/mol. The Kier molecular flexibility index (Phi) is 7.22. The number of nitrogens with one attached hydrogen (secondary N) is 2. The Labute approximate surface area is 167 Å². The third-order valence-electron chi connectivity index (χ3n) is 4.12. The lowest BCUT2D eigenvalue weighted by atomic mass is 10.2. The van der Waals surface area contributed by atoms with Gasteiger partial charge in [0.2, 0.25) is 5.91 Å². The van der Waals surface area contributed by atoms with Crippen LogP contribution in [0.4, 0.5) is 10.5 Å². The minimum absolute atomic E-state index is 0.0297. The SMILES string of the molecule is COc1cc(Cl)c(C)cc1NC(=O)[C@H](C)OC(=O)CCCN1C(=O)CNC1=O. The van der Waals surface area contributed by atoms with E-state index in [-0.39, 0.29) is 31.8 Å². The number of rotatable bonds is 8. The standard InChI is InChI=1S/C18H22ClN3O6/c1-10-7-13(14(27-3)8-12(10)19)21-17(25)11(2)28-16(24)5-4-6-22-15(23)9-20-18(22)26/h7-8,11H,4-6,9H2,1-3H3,(H,20,26)(H,21,25)/t11-/m0/s1. The van der Waals surface area contributed by atoms with Crippen molar-refractivity contribution < 1.29 is 28.7 Å². The van der Waals surface area contributed by atoms with Crippen LogP contribution < -0.4 is 15.4 Å². The number of carbonyl (C=O) groups excluding carboxylic acids is 4. The van der Waals surface area contributed by atoms with Crippen molar-refractivity contribution in [3.05, 3.63) is 22.7 Å². The van der Waals surface area contributed by atoms with E-state index in [9.17, 15) is 19.2 Å². The number of urea groups is 1. The van der Waals surface area contributed by atoms with Crippen LogP contribution in [0.25, 0.3) is 0 Å². The maximum absolute atomic E-state index is 12.3. The van der Waals surface area contributed by atoms with E-state index < -0.39 is 24.0 Å². The first-order valence-corrected chi connectivity index (χ1v) is 9.03. The van der Waals surface area contributed by atoms with Crippen LogP contribution in [0.2, 0.25) is 5.02 Å². The summed E-state index contributed by atoms with van der Waals surface area (Å²) in [5, 5.41) is 5.54. The molecule has 1 saturated heterocycles. The summed E-state index contributed by atoms with van der Waals surface area (Å²) >= 11 is 6.03. The highest BCUT2D eigenvalue weighted by atomic mass is 35.5. The fraction of sp³-hybridized carbons (Fsp3) is 0.444. The summed E-state index contributed by atoms with van der Waals surface area (Å²) in [7, 11) is 1.45. The van der Waals surface area contributed by atoms with Gasteiger partial charge in [-0.3, -0.25) is 19.3 Å². The molecule has 152 valence electrons. The molecule has 1 heterocycles. The zero-order chi connectivity index (χ0) is 20.8. The molecule has 28 heavy (non-hydrogen) atoms. The fourth-order valence-electron chi connectivity index (χ4n) is 2.54. The number of hydrogen-bond acceptors (Lipinski definition) is 6. The Morgan fingerprint density at radius 3 is 2.68 bits per heavy atom. The number of hydrogen-bond donors (Lipinski definition) is 2. The highest BCUT2D eigenvalue weighted by molar-refractivity contribution is 6.31. The lowest BCUT2D eigenvalue weighted by Crippen LogP contribution is -2.33. The van der Waals surface area contributed by atoms with Crippen molar-refractivity contribution in [3.63, 3.8) is 0 Å². The highest BCUT2D eigenvalue weighted by Crippen LogP contribution is 2.31. The maximum Gasteiger partial charge on any atom is 0.324 e. The second kappa shape index (κ2) is 9.41. The molecule has 1 aliphatic heterocycles. The Hall–Kier alpha value is -2.81. The van der Waals surface area contributed by atoms with Crippen LogP contribution in [0.3, 0.4) is 0 Å². The van der Waals surface area contributed by atoms with Crippen LogP contribution in [-0.4, -0.2) is 55.0 Å². The number of imide groups is 1. The predicted molar refractivity (Wildman–Crippen MR) is 101 cm³/mol. The summed E-state index contributed by atoms with van der Waals surface area (Å²) in [5.41, 5.74) is 1.17. The third kappa shape index (κ3) is 5.35. The van der Waals surface area contributed by atoms with Crippen molar-refractivity contribution in [2.75, 3.05) is 25.5 Å². The summed E-state index contributed by atoms with van der Waals surface area (Å²) in [6.45, 7) is 3.31. The van der Waals surface area contributed by atoms with Crippen LogP contribution in [0.15, 0.2) is 12.1 Å². The number of nitrogens with zero attached hydrogens (tertiary/aromatic N) is 1. The number of carbonyl (C=O) groups is 4. The molecule has 1 aromatic rings. The monoisotopic (exact) mass is 411 g/mol. The van der Waals surface area contributed by atoms with E-state index in [1.807, 2.05) is 0 Å². The molecule has 1 aliphatic rings. The van der Waals surface area contributed by atoms with Gasteiger partial charge in [-0.1, -0.05) is 11.6 Å². The van der Waals surface area contributed by atoms with E-state index in [4.69, 9.17) is 21.1 Å². The van der Waals surface area contributed by atoms with Gasteiger partial charge in [0.1, 0.15) is 5.75 Å². The number of aryl methyl sites for hydroxylation is 1. The minimum Gasteiger partial charge on any atom is -0.495 e. The molecule has 0 spiro atoms. The summed E-state index contributed by atoms with van der Waals surface area (Å²) in [5.74, 6) is -1.08. The van der Waals surface area contributed by atoms with Crippen molar-refractivity contribution >= 4 is 41.1 Å². The second-order valence-electron chi connectivity index (χ2n) is 6.23. The number of benzene rings is 1. The van der Waals surface area contributed by atoms with Crippen LogP contribution >= 0.6 is 11.6 Å². The van der Waals surface area contributed by atoms with E-state index in [0.29, 0.717) is 16.5 Å². The molecule has 0 aliphatic carbocycles. The average Bonchev–Trinajstić information content (AvgIpc) is 2.96. The van der Waals surface area contributed by atoms with Gasteiger partial charge >= 0.3 is 12.0 Å². The molecule has 9 nitrogen and oxygen atoms in total. The molecule has 0 aromatic heterocycles. The highest BCUT2D eigenvalue weighted by Gasteiger charge is 2.28. The summed E-state index contributed by atoms with van der Waals surface area (Å²) in [6, 6.07) is 2.77. The molecule has 0 saturated carbocycles. The zero-order valence-electron chi connectivity index (χ0n) is 15.8. The topological polar surface area (TPSA) is 114 Å². The normalized spacial score (nSPS) is 14.5. The van der Waals surface area contributed by atoms with Crippen molar-refractivity contribution in [3.8, 4) is 5.75 Å². The van der Waals surface area contributed by atoms with E-state index in [1.165, 1.54) is 14.0 Å². The molecule has 0 radical (unpaired) electrons. The molecule has 2 N–H and O–H groups in total. The first kappa shape index (κ1) is 21.5. The number of ether oxygens (including phenoxy) is 2. The van der Waals surface area contributed by atoms with Gasteiger partial charge < -0.3 is 20.1 Å². The van der Waals surface area contributed by atoms with E-state index >= 15 is 0 Å². The number of halogens is 1. The molecule has 2 rings (SSSR count). The van der Waals surface area contributed by atoms with Gasteiger partial charge in [0, 0.05) is 24.1 Å². The number of anilines is 1. The second-order valence-corrected chi connectivity index (χ2v) is 6.64. The van der Waals surface area contributed by atoms with Crippen molar-refractivity contribution in [1.29, 1.82) is 0 Å². The summed E-state index contributed by atoms with van der Waals surface area (Å²) < 4.78 is 10.3. The average molecular weight is 412 g/mol. The smallest absolute Gasteiger partial charge is 0.324 e. The van der Waals surface area contributed by atoms with Gasteiger partial charge in [-0.25, -0.2) is 4.79 Å². The third-order valence-corrected chi connectivity index (χ3v) is 4.52. The van der Waals surface area contributed by atoms with Crippen molar-refractivity contribution in [2.45, 2.75) is 32.8 Å². The van der Waals surface area contributed by atoms with E-state index in [1.54, 1.807) is 19.1 Å². The first-order chi connectivity index (χ1) is 13.2. The predicted octanol–water partition coefficient (Wildman–Crippen LogP) is 1.86. The largest absolute Gasteiger partial charge is 0.495 e. The molecule has 4 amide bonds. The van der Waals surface area contributed by atoms with Gasteiger partial charge in [-0.15, -0.1) is 0 Å². The number of esters is 1. The van der Waals surface area contributed by atoms with Gasteiger partial charge in [0.05, 0.1) is 19.3 Å². The Balaban J connectivity index is 1.83. The fourth-order valence-corrected chi connectivity index (χ4v) is 2.69. The van der Waals surface area contributed by atoms with Gasteiger partial charge in [0.25, 0.3) is 5.91 Å². The number of methoxy groups -OCH3 is 1. The number of amides is 4. The quantitative estimate of drug-likeness (QED) is 0.498. The van der Waals surface area contributed by atoms with Gasteiger partial charge in [-0.2, -0.15) is 0 Å². The summed E-state index contributed by atoms with van der Waals surface area (Å²) in [6.07, 6.45) is -0.820. The van der Waals surface area contributed by atoms with Crippen LogP contribution in [0.1, 0.15) is 25.3 Å². The maximum atomic E-state index is 12.3. The Morgan fingerprint density at radius 2 is 2.07 bits per heavy atom. The van der Waals surface area contributed by atoms with Crippen LogP contribution in [0.5, 0.6) is 5.75 Å². The molecule has 0 unspecified atom stereocenters. The molecular formula is C18H22ClN3O6. The van der Waals surface area contributed by atoms with Gasteiger partial charge in [-0.05, 0) is 31.9 Å². The summed E-state index contributed by atoms with van der Waals surface area (Å²) in [4.78, 5) is 48.1. The van der Waals surface area contributed by atoms with Crippen molar-refractivity contribution in [1.82, 2.24) is 10.2 Å².